The predicted octanol–water partition coefficient (Wildman–Crippen LogP) is 5.73. The average Bonchev–Trinajstić information content (AvgIpc) is 3.00. The first kappa shape index (κ1) is 19.4. The molecule has 1 atom stereocenters. The first-order chi connectivity index (χ1) is 14.0. The van der Waals surface area contributed by atoms with Gasteiger partial charge in [0.1, 0.15) is 5.76 Å². The first-order valence-corrected chi connectivity index (χ1v) is 10.0. The monoisotopic (exact) mass is 467 g/mol. The zero-order valence-corrected chi connectivity index (χ0v) is 17.4. The number of hydrogen-bond donors (Lipinski definition) is 1. The number of aliphatic hydroxyl groups is 1. The van der Waals surface area contributed by atoms with E-state index in [1.165, 1.54) is 4.90 Å². The third kappa shape index (κ3) is 3.59. The summed E-state index contributed by atoms with van der Waals surface area (Å²) < 4.78 is 0.868. The number of benzene rings is 3. The molecule has 0 saturated carbocycles. The molecule has 0 aliphatic carbocycles. The largest absolute Gasteiger partial charge is 0.507 e. The van der Waals surface area contributed by atoms with E-state index in [1.807, 2.05) is 30.3 Å². The fourth-order valence-corrected chi connectivity index (χ4v) is 3.80. The third-order valence-corrected chi connectivity index (χ3v) is 5.56. The minimum Gasteiger partial charge on any atom is -0.507 e. The van der Waals surface area contributed by atoms with Crippen molar-refractivity contribution in [3.05, 3.63) is 105 Å². The Morgan fingerprint density at radius 1 is 0.897 bits per heavy atom. The second-order valence-corrected chi connectivity index (χ2v) is 7.92. The molecule has 6 heteroatoms. The Labute approximate surface area is 181 Å². The Kier molecular flexibility index (Phi) is 5.26. The molecule has 1 heterocycles. The van der Waals surface area contributed by atoms with Gasteiger partial charge in [-0.05, 0) is 42.0 Å². The van der Waals surface area contributed by atoms with E-state index in [0.717, 1.165) is 4.47 Å². The zero-order chi connectivity index (χ0) is 20.5. The van der Waals surface area contributed by atoms with Gasteiger partial charge < -0.3 is 5.11 Å². The van der Waals surface area contributed by atoms with Crippen LogP contribution in [0.15, 0.2) is 88.9 Å². The van der Waals surface area contributed by atoms with Gasteiger partial charge in [0.15, 0.2) is 0 Å². The van der Waals surface area contributed by atoms with Crippen LogP contribution in [-0.2, 0) is 9.59 Å². The molecule has 3 aromatic carbocycles. The molecule has 4 nitrogen and oxygen atoms in total. The van der Waals surface area contributed by atoms with Crippen molar-refractivity contribution in [2.24, 2.45) is 0 Å². The maximum absolute atomic E-state index is 13.0. The topological polar surface area (TPSA) is 57.6 Å². The van der Waals surface area contributed by atoms with E-state index in [2.05, 4.69) is 15.9 Å². The van der Waals surface area contributed by atoms with Gasteiger partial charge in [0.25, 0.3) is 11.7 Å². The highest BCUT2D eigenvalue weighted by Crippen LogP contribution is 2.42. The number of halogens is 2. The van der Waals surface area contributed by atoms with Gasteiger partial charge in [-0.1, -0.05) is 70.0 Å². The van der Waals surface area contributed by atoms with Crippen LogP contribution in [0.2, 0.25) is 5.02 Å². The number of Topliss-reactive ketones (excluding diaryl/α,β-unsaturated/α-hetero) is 1. The maximum atomic E-state index is 13.0. The SMILES string of the molecule is O=C1C(=O)N(c2ccc(Cl)cc2)C(c2ccc(Br)cc2)C1=C(O)c1ccccc1. The molecular formula is C23H15BrClNO3. The van der Waals surface area contributed by atoms with Crippen LogP contribution in [0.25, 0.3) is 5.76 Å². The Balaban J connectivity index is 1.94. The number of aliphatic hydroxyl groups excluding tert-OH is 1. The maximum Gasteiger partial charge on any atom is 0.300 e. The van der Waals surface area contributed by atoms with E-state index in [-0.39, 0.29) is 11.3 Å². The summed E-state index contributed by atoms with van der Waals surface area (Å²) in [4.78, 5) is 27.4. The average molecular weight is 469 g/mol. The van der Waals surface area contributed by atoms with Crippen LogP contribution in [0.1, 0.15) is 17.2 Å². The molecule has 0 spiro atoms. The smallest absolute Gasteiger partial charge is 0.300 e. The molecule has 1 amide bonds. The number of carbonyl (C=O) groups is 2. The van der Waals surface area contributed by atoms with Gasteiger partial charge in [-0.25, -0.2) is 0 Å². The van der Waals surface area contributed by atoms with Gasteiger partial charge in [-0.3, -0.25) is 14.5 Å². The molecule has 1 aliphatic heterocycles. The summed E-state index contributed by atoms with van der Waals surface area (Å²) in [5.74, 6) is -1.62. The van der Waals surface area contributed by atoms with Crippen molar-refractivity contribution in [1.82, 2.24) is 0 Å². The molecule has 0 bridgehead atoms. The Bertz CT molecular complexity index is 1110. The lowest BCUT2D eigenvalue weighted by Gasteiger charge is -2.25. The number of nitrogens with zero attached hydrogens (tertiary/aromatic N) is 1. The lowest BCUT2D eigenvalue weighted by Crippen LogP contribution is -2.29. The fourth-order valence-electron chi connectivity index (χ4n) is 3.41. The summed E-state index contributed by atoms with van der Waals surface area (Å²) in [6.07, 6.45) is 0. The molecule has 1 aliphatic rings. The molecule has 3 aromatic rings. The number of hydrogen-bond acceptors (Lipinski definition) is 3. The molecule has 0 radical (unpaired) electrons. The highest BCUT2D eigenvalue weighted by molar-refractivity contribution is 9.10. The number of amides is 1. The van der Waals surface area contributed by atoms with Gasteiger partial charge in [0.2, 0.25) is 0 Å². The minimum absolute atomic E-state index is 0.0541. The molecule has 4 rings (SSSR count). The molecule has 1 unspecified atom stereocenters. The second kappa shape index (κ2) is 7.85. The van der Waals surface area contributed by atoms with Crippen LogP contribution < -0.4 is 4.90 Å². The molecular weight excluding hydrogens is 454 g/mol. The van der Waals surface area contributed by atoms with Crippen molar-refractivity contribution in [2.75, 3.05) is 4.90 Å². The normalized spacial score (nSPS) is 18.3. The number of anilines is 1. The lowest BCUT2D eigenvalue weighted by atomic mass is 9.95. The molecule has 1 saturated heterocycles. The van der Waals surface area contributed by atoms with Crippen molar-refractivity contribution >= 4 is 50.7 Å². The number of carbonyl (C=O) groups excluding carboxylic acids is 2. The van der Waals surface area contributed by atoms with E-state index in [0.29, 0.717) is 21.8 Å². The Morgan fingerprint density at radius 2 is 1.52 bits per heavy atom. The quantitative estimate of drug-likeness (QED) is 0.303. The summed E-state index contributed by atoms with van der Waals surface area (Å²) in [5, 5.41) is 11.5. The highest BCUT2D eigenvalue weighted by Gasteiger charge is 2.46. The lowest BCUT2D eigenvalue weighted by molar-refractivity contribution is -0.132. The van der Waals surface area contributed by atoms with E-state index >= 15 is 0 Å². The van der Waals surface area contributed by atoms with E-state index in [4.69, 9.17) is 11.6 Å². The van der Waals surface area contributed by atoms with Crippen molar-refractivity contribution in [3.63, 3.8) is 0 Å². The van der Waals surface area contributed by atoms with Gasteiger partial charge >= 0.3 is 0 Å². The highest BCUT2D eigenvalue weighted by atomic mass is 79.9. The first-order valence-electron chi connectivity index (χ1n) is 8.85. The summed E-state index contributed by atoms with van der Waals surface area (Å²) in [6, 6.07) is 22.0. The van der Waals surface area contributed by atoms with Crippen LogP contribution in [0.3, 0.4) is 0 Å². The minimum atomic E-state index is -0.760. The summed E-state index contributed by atoms with van der Waals surface area (Å²) >= 11 is 9.39. The number of rotatable bonds is 3. The molecule has 1 N–H and O–H groups in total. The number of ketones is 1. The third-order valence-electron chi connectivity index (χ3n) is 4.78. The van der Waals surface area contributed by atoms with Crippen LogP contribution >= 0.6 is 27.5 Å². The van der Waals surface area contributed by atoms with Gasteiger partial charge in [-0.15, -0.1) is 0 Å². The van der Waals surface area contributed by atoms with E-state index in [9.17, 15) is 14.7 Å². The van der Waals surface area contributed by atoms with Crippen LogP contribution in [0, 0.1) is 0 Å². The summed E-state index contributed by atoms with van der Waals surface area (Å²) in [5.41, 5.74) is 1.76. The van der Waals surface area contributed by atoms with E-state index in [1.54, 1.807) is 48.5 Å². The van der Waals surface area contributed by atoms with Gasteiger partial charge in [0.05, 0.1) is 11.6 Å². The van der Waals surface area contributed by atoms with Crippen LogP contribution in [0.5, 0.6) is 0 Å². The fraction of sp³-hybridized carbons (Fsp3) is 0.0435. The zero-order valence-electron chi connectivity index (χ0n) is 15.0. The van der Waals surface area contributed by atoms with E-state index < -0.39 is 17.7 Å². The molecule has 0 aromatic heterocycles. The Morgan fingerprint density at radius 3 is 2.14 bits per heavy atom. The Hall–Kier alpha value is -2.89. The molecule has 144 valence electrons. The van der Waals surface area contributed by atoms with Crippen molar-refractivity contribution in [2.45, 2.75) is 6.04 Å². The second-order valence-electron chi connectivity index (χ2n) is 6.56. The van der Waals surface area contributed by atoms with Crippen LogP contribution in [0.4, 0.5) is 5.69 Å². The molecule has 1 fully saturated rings. The predicted molar refractivity (Wildman–Crippen MR) is 117 cm³/mol. The summed E-state index contributed by atoms with van der Waals surface area (Å²) in [6.45, 7) is 0. The van der Waals surface area contributed by atoms with Gasteiger partial charge in [0, 0.05) is 20.7 Å². The molecule has 29 heavy (non-hydrogen) atoms. The van der Waals surface area contributed by atoms with Gasteiger partial charge in [-0.2, -0.15) is 0 Å². The standard InChI is InChI=1S/C23H15BrClNO3/c24-16-8-6-14(7-9-16)20-19(21(27)15-4-2-1-3-5-15)22(28)23(29)26(20)18-12-10-17(25)11-13-18/h1-13,20,27H. The van der Waals surface area contributed by atoms with Crippen molar-refractivity contribution in [1.29, 1.82) is 0 Å². The summed E-state index contributed by atoms with van der Waals surface area (Å²) in [7, 11) is 0. The van der Waals surface area contributed by atoms with Crippen LogP contribution in [-0.4, -0.2) is 16.8 Å². The van der Waals surface area contributed by atoms with Crippen molar-refractivity contribution < 1.29 is 14.7 Å². The van der Waals surface area contributed by atoms with Crippen molar-refractivity contribution in [3.8, 4) is 0 Å².